The van der Waals surface area contributed by atoms with Crippen LogP contribution in [0.5, 0.6) is 5.75 Å². The van der Waals surface area contributed by atoms with E-state index in [4.69, 9.17) is 14.2 Å². The minimum atomic E-state index is -4.82. The maximum atomic E-state index is 14.1. The highest BCUT2D eigenvalue weighted by molar-refractivity contribution is 7.43. The number of rotatable bonds is 2. The van der Waals surface area contributed by atoms with Crippen LogP contribution in [0.2, 0.25) is 0 Å². The van der Waals surface area contributed by atoms with E-state index in [9.17, 15) is 22.5 Å². The molecule has 47 heavy (non-hydrogen) atoms. The van der Waals surface area contributed by atoms with E-state index in [1.807, 2.05) is 0 Å². The molecule has 5 aliphatic rings. The minimum absolute atomic E-state index is 0.00781. The lowest BCUT2D eigenvalue weighted by Gasteiger charge is -2.40. The minimum Gasteiger partial charge on any atom is -0.495 e. The van der Waals surface area contributed by atoms with Crippen molar-refractivity contribution in [3.8, 4) is 17.0 Å². The third-order valence-corrected chi connectivity index (χ3v) is 9.13. The number of halogens is 3. The third kappa shape index (κ3) is 6.94. The number of hydrogen-bond acceptors (Lipinski definition) is 11. The predicted molar refractivity (Wildman–Crippen MR) is 167 cm³/mol. The molecule has 17 heteroatoms. The quantitative estimate of drug-likeness (QED) is 0.247. The van der Waals surface area contributed by atoms with Gasteiger partial charge in [-0.1, -0.05) is 6.07 Å². The number of methoxy groups -OCH3 is 1. The molecule has 4 aromatic rings. The maximum absolute atomic E-state index is 14.1. The fourth-order valence-electron chi connectivity index (χ4n) is 5.41. The number of carbonyl (C=O) groups excluding carboxylic acids is 1. The first-order chi connectivity index (χ1) is 22.5. The van der Waals surface area contributed by atoms with Gasteiger partial charge in [0.2, 0.25) is 5.95 Å². The van der Waals surface area contributed by atoms with Gasteiger partial charge in [-0.25, -0.2) is 9.97 Å². The largest absolute Gasteiger partial charge is 0.495 e. The van der Waals surface area contributed by atoms with Crippen molar-refractivity contribution in [2.45, 2.75) is 25.8 Å². The van der Waals surface area contributed by atoms with Crippen LogP contribution in [0.4, 0.5) is 36.3 Å². The number of amides is 1. The summed E-state index contributed by atoms with van der Waals surface area (Å²) in [7, 11) is 0.653. The SMILES string of the molecule is CNC(=O)c1nc2ccc1Nc1nc(ncc1C(F)(F)F)Nc1ccc(cc1OC)C[PH](=O)COCC1(COC1)Cn1cc-2c(C)n1. The van der Waals surface area contributed by atoms with Crippen molar-refractivity contribution >= 4 is 36.8 Å². The first-order valence-corrected chi connectivity index (χ1v) is 16.4. The summed E-state index contributed by atoms with van der Waals surface area (Å²) in [6, 6.07) is 8.11. The van der Waals surface area contributed by atoms with Gasteiger partial charge in [0.1, 0.15) is 24.9 Å². The lowest BCUT2D eigenvalue weighted by Crippen LogP contribution is -2.49. The molecule has 8 bridgehead atoms. The Morgan fingerprint density at radius 3 is 2.57 bits per heavy atom. The van der Waals surface area contributed by atoms with Crippen LogP contribution in [0, 0.1) is 12.3 Å². The number of nitrogens with zero attached hydrogens (tertiary/aromatic N) is 5. The second-order valence-electron chi connectivity index (χ2n) is 11.4. The number of hydrogen-bond donors (Lipinski definition) is 3. The van der Waals surface area contributed by atoms with Crippen molar-refractivity contribution in [2.24, 2.45) is 5.41 Å². The van der Waals surface area contributed by atoms with Gasteiger partial charge in [0, 0.05) is 31.2 Å². The number of pyridine rings is 1. The smallest absolute Gasteiger partial charge is 0.421 e. The van der Waals surface area contributed by atoms with Gasteiger partial charge < -0.3 is 34.7 Å². The van der Waals surface area contributed by atoms with Gasteiger partial charge in [-0.15, -0.1) is 0 Å². The molecule has 1 fully saturated rings. The normalized spacial score (nSPS) is 17.8. The van der Waals surface area contributed by atoms with E-state index < -0.39 is 31.3 Å². The van der Waals surface area contributed by atoms with Gasteiger partial charge in [0.05, 0.1) is 68.0 Å². The monoisotopic (exact) mass is 672 g/mol. The van der Waals surface area contributed by atoms with Crippen molar-refractivity contribution in [3.63, 3.8) is 0 Å². The summed E-state index contributed by atoms with van der Waals surface area (Å²) >= 11 is 0. The molecule has 0 saturated carbocycles. The topological polar surface area (TPSA) is 154 Å². The molecule has 1 atom stereocenters. The average molecular weight is 673 g/mol. The number of ether oxygens (including phenoxy) is 3. The molecule has 1 spiro atoms. The maximum Gasteiger partial charge on any atom is 0.421 e. The summed E-state index contributed by atoms with van der Waals surface area (Å²) in [4.78, 5) is 25.5. The summed E-state index contributed by atoms with van der Waals surface area (Å²) < 4.78 is 74.0. The lowest BCUT2D eigenvalue weighted by molar-refractivity contribution is -0.153. The number of benzene rings is 1. The lowest BCUT2D eigenvalue weighted by atomic mass is 9.87. The van der Waals surface area contributed by atoms with Crippen LogP contribution in [-0.4, -0.2) is 71.0 Å². The first-order valence-electron chi connectivity index (χ1n) is 14.6. The van der Waals surface area contributed by atoms with E-state index in [1.54, 1.807) is 42.1 Å². The van der Waals surface area contributed by atoms with Crippen LogP contribution >= 0.6 is 7.80 Å². The van der Waals surface area contributed by atoms with E-state index in [1.165, 1.54) is 20.2 Å². The Hall–Kier alpha value is -4.53. The molecule has 5 aliphatic heterocycles. The average Bonchev–Trinajstić information content (AvgIpc) is 3.38. The highest BCUT2D eigenvalue weighted by Gasteiger charge is 2.40. The van der Waals surface area contributed by atoms with Crippen LogP contribution in [0.1, 0.15) is 27.3 Å². The Balaban J connectivity index is 1.45. The molecule has 9 rings (SSSR count). The van der Waals surface area contributed by atoms with Gasteiger partial charge >= 0.3 is 6.18 Å². The van der Waals surface area contributed by atoms with Crippen molar-refractivity contribution < 1.29 is 36.7 Å². The molecule has 1 aromatic carbocycles. The molecule has 248 valence electrons. The molecule has 0 radical (unpaired) electrons. The van der Waals surface area contributed by atoms with Crippen LogP contribution in [0.15, 0.2) is 42.7 Å². The highest BCUT2D eigenvalue weighted by atomic mass is 31.1. The number of anilines is 4. The van der Waals surface area contributed by atoms with Crippen LogP contribution in [0.3, 0.4) is 0 Å². The van der Waals surface area contributed by atoms with Gasteiger partial charge in [-0.05, 0) is 36.8 Å². The Bertz CT molecular complexity index is 1850. The highest BCUT2D eigenvalue weighted by Crippen LogP contribution is 2.38. The Labute approximate surface area is 268 Å². The summed E-state index contributed by atoms with van der Waals surface area (Å²) in [5.41, 5.74) is 1.07. The van der Waals surface area contributed by atoms with E-state index in [-0.39, 0.29) is 35.3 Å². The zero-order valence-corrected chi connectivity index (χ0v) is 26.7. The molecule has 13 nitrogen and oxygen atoms in total. The van der Waals surface area contributed by atoms with Crippen LogP contribution in [-0.2, 0) is 32.9 Å². The summed E-state index contributed by atoms with van der Waals surface area (Å²) in [6.07, 6.45) is -2.05. The fraction of sp³-hybridized carbons (Fsp3) is 0.367. The number of aromatic nitrogens is 5. The van der Waals surface area contributed by atoms with E-state index in [0.29, 0.717) is 61.0 Å². The molecule has 0 aliphatic carbocycles. The first kappa shape index (κ1) is 32.4. The number of aryl methyl sites for hydroxylation is 1. The molecule has 3 N–H and O–H groups in total. The van der Waals surface area contributed by atoms with Crippen molar-refractivity contribution in [3.05, 3.63) is 65.2 Å². The van der Waals surface area contributed by atoms with Crippen molar-refractivity contribution in [1.82, 2.24) is 30.0 Å². The van der Waals surface area contributed by atoms with Gasteiger partial charge in [-0.2, -0.15) is 23.3 Å². The molecule has 1 unspecified atom stereocenters. The fourth-order valence-corrected chi connectivity index (χ4v) is 6.52. The van der Waals surface area contributed by atoms with E-state index in [0.717, 1.165) is 5.56 Å². The third-order valence-electron chi connectivity index (χ3n) is 7.81. The molecule has 8 heterocycles. The number of alkyl halides is 3. The number of carbonyl (C=O) groups is 1. The summed E-state index contributed by atoms with van der Waals surface area (Å²) in [5, 5.41) is 12.7. The van der Waals surface area contributed by atoms with Gasteiger partial charge in [0.15, 0.2) is 5.69 Å². The van der Waals surface area contributed by atoms with E-state index >= 15 is 0 Å². The van der Waals surface area contributed by atoms with Crippen molar-refractivity contribution in [1.29, 1.82) is 0 Å². The molecule has 3 aromatic heterocycles. The second kappa shape index (κ2) is 12.9. The molecule has 1 saturated heterocycles. The Morgan fingerprint density at radius 2 is 1.87 bits per heavy atom. The van der Waals surface area contributed by atoms with Crippen LogP contribution < -0.4 is 20.7 Å². The molecular weight excluding hydrogens is 640 g/mol. The Kier molecular flexibility index (Phi) is 8.92. The van der Waals surface area contributed by atoms with Crippen molar-refractivity contribution in [2.75, 3.05) is 51.0 Å². The van der Waals surface area contributed by atoms with E-state index in [2.05, 4.69) is 36.0 Å². The Morgan fingerprint density at radius 1 is 1.11 bits per heavy atom. The standard InChI is InChI=1S/C30H32F3N8O5P/c1-17-19-10-41(40-17)12-29(13-45-14-29)15-46-16-47(43)11-18-4-5-22(24(8-18)44-3)38-28-35-9-20(30(31,32)33)26(39-28)37-23-7-6-21(19)36-25(23)27(42)34-2/h4-10,47H,11-16H2,1-3H3,(H,34,42)(H2,35,37,38,39). The predicted octanol–water partition coefficient (Wildman–Crippen LogP) is 4.98. The second-order valence-corrected chi connectivity index (χ2v) is 13.2. The molecular formula is C30H32F3N8O5P. The summed E-state index contributed by atoms with van der Waals surface area (Å²) in [5.74, 6) is -1.05. The zero-order valence-electron chi connectivity index (χ0n) is 25.7. The van der Waals surface area contributed by atoms with Gasteiger partial charge in [0.25, 0.3) is 5.91 Å². The van der Waals surface area contributed by atoms with Crippen LogP contribution in [0.25, 0.3) is 11.3 Å². The number of nitrogens with one attached hydrogen (secondary N) is 3. The molecule has 1 amide bonds. The summed E-state index contributed by atoms with van der Waals surface area (Å²) in [6.45, 7) is 3.45. The van der Waals surface area contributed by atoms with Gasteiger partial charge in [-0.3, -0.25) is 9.48 Å². The zero-order chi connectivity index (χ0) is 33.3.